The molecule has 1 heterocycles. The second-order valence-electron chi connectivity index (χ2n) is 4.81. The first kappa shape index (κ1) is 17.4. The number of aliphatic hydroxyl groups excluding tert-OH is 1. The largest absolute Gasteiger partial charge is 0.418 e. The second kappa shape index (κ2) is 6.28. The van der Waals surface area contributed by atoms with Crippen LogP contribution in [0, 0.1) is 10.1 Å². The Balaban J connectivity index is 2.64. The summed E-state index contributed by atoms with van der Waals surface area (Å²) >= 11 is 0. The zero-order valence-corrected chi connectivity index (χ0v) is 12.7. The van der Waals surface area contributed by atoms with Gasteiger partial charge in [-0.2, -0.15) is 13.2 Å². The highest BCUT2D eigenvalue weighted by molar-refractivity contribution is 7.84. The van der Waals surface area contributed by atoms with Crippen LogP contribution < -0.4 is 0 Å². The summed E-state index contributed by atoms with van der Waals surface area (Å²) in [5.41, 5.74) is -2.17. The normalized spacial score (nSPS) is 14.8. The number of aromatic amines is 1. The quantitative estimate of drug-likeness (QED) is 0.640. The summed E-state index contributed by atoms with van der Waals surface area (Å²) in [5.74, 6) is -0.154. The number of fused-ring (bicyclic) bond motifs is 1. The molecular formula is C13H13F3N2O4S. The number of nitrogens with zero attached hydrogens (tertiary/aromatic N) is 1. The minimum absolute atomic E-state index is 0.0132. The first-order valence-electron chi connectivity index (χ1n) is 6.55. The van der Waals surface area contributed by atoms with E-state index >= 15 is 0 Å². The van der Waals surface area contributed by atoms with E-state index in [0.29, 0.717) is 0 Å². The predicted molar refractivity (Wildman–Crippen MR) is 78.5 cm³/mol. The van der Waals surface area contributed by atoms with Crippen LogP contribution in [0.4, 0.5) is 18.9 Å². The van der Waals surface area contributed by atoms with Crippen LogP contribution in [0.5, 0.6) is 0 Å². The van der Waals surface area contributed by atoms with E-state index in [2.05, 4.69) is 4.98 Å². The molecule has 2 unspecified atom stereocenters. The summed E-state index contributed by atoms with van der Waals surface area (Å²) in [6.45, 7) is 1.59. The number of hydrogen-bond donors (Lipinski definition) is 2. The topological polar surface area (TPSA) is 96.2 Å². The fraction of sp³-hybridized carbons (Fsp3) is 0.385. The smallest absolute Gasteiger partial charge is 0.386 e. The Hall–Kier alpha value is -1.94. The maximum Gasteiger partial charge on any atom is 0.418 e. The number of aromatic nitrogens is 1. The van der Waals surface area contributed by atoms with E-state index in [4.69, 9.17) is 0 Å². The van der Waals surface area contributed by atoms with Gasteiger partial charge in [-0.25, -0.2) is 0 Å². The molecule has 10 heteroatoms. The first-order valence-corrected chi connectivity index (χ1v) is 8.04. The molecule has 0 amide bonds. The lowest BCUT2D eigenvalue weighted by molar-refractivity contribution is -0.384. The third-order valence-electron chi connectivity index (χ3n) is 3.30. The van der Waals surface area contributed by atoms with E-state index in [1.54, 1.807) is 6.92 Å². The molecule has 0 saturated heterocycles. The molecule has 1 aromatic carbocycles. The number of non-ortho nitro benzene ring substituents is 1. The number of halogens is 3. The Morgan fingerprint density at radius 2 is 2.09 bits per heavy atom. The Morgan fingerprint density at radius 1 is 1.43 bits per heavy atom. The summed E-state index contributed by atoms with van der Waals surface area (Å²) in [7, 11) is -1.47. The van der Waals surface area contributed by atoms with E-state index in [0.717, 1.165) is 18.2 Å². The van der Waals surface area contributed by atoms with Gasteiger partial charge in [0.1, 0.15) is 6.10 Å². The van der Waals surface area contributed by atoms with Crippen LogP contribution in [0.1, 0.15) is 24.3 Å². The summed E-state index contributed by atoms with van der Waals surface area (Å²) in [6.07, 6.45) is -6.43. The highest BCUT2D eigenvalue weighted by atomic mass is 32.2. The number of benzene rings is 1. The van der Waals surface area contributed by atoms with E-state index in [9.17, 15) is 32.6 Å². The van der Waals surface area contributed by atoms with Crippen molar-refractivity contribution in [2.45, 2.75) is 19.2 Å². The van der Waals surface area contributed by atoms with Crippen molar-refractivity contribution in [1.82, 2.24) is 4.98 Å². The third kappa shape index (κ3) is 3.53. The van der Waals surface area contributed by atoms with Crippen LogP contribution in [-0.4, -0.2) is 30.7 Å². The van der Waals surface area contributed by atoms with Crippen molar-refractivity contribution in [3.63, 3.8) is 0 Å². The van der Waals surface area contributed by atoms with Gasteiger partial charge in [0, 0.05) is 39.6 Å². The molecule has 0 fully saturated rings. The van der Waals surface area contributed by atoms with Crippen LogP contribution in [0.15, 0.2) is 18.2 Å². The van der Waals surface area contributed by atoms with E-state index in [-0.39, 0.29) is 17.0 Å². The molecule has 0 aliphatic heterocycles. The number of aliphatic hydroxyl groups is 1. The van der Waals surface area contributed by atoms with Gasteiger partial charge in [0.05, 0.1) is 21.9 Å². The van der Waals surface area contributed by atoms with Crippen molar-refractivity contribution in [3.8, 4) is 0 Å². The molecule has 0 aliphatic rings. The lowest BCUT2D eigenvalue weighted by Gasteiger charge is -2.13. The molecule has 0 bridgehead atoms. The van der Waals surface area contributed by atoms with Crippen molar-refractivity contribution in [2.24, 2.45) is 0 Å². The Kier molecular flexibility index (Phi) is 4.76. The van der Waals surface area contributed by atoms with Crippen LogP contribution in [0.2, 0.25) is 0 Å². The van der Waals surface area contributed by atoms with E-state index < -0.39 is 50.3 Å². The molecule has 0 radical (unpaired) electrons. The molecule has 6 nitrogen and oxygen atoms in total. The molecule has 126 valence electrons. The van der Waals surface area contributed by atoms with Gasteiger partial charge in [-0.05, 0) is 6.07 Å². The average Bonchev–Trinajstić information content (AvgIpc) is 2.85. The number of hydrogen-bond acceptors (Lipinski definition) is 4. The highest BCUT2D eigenvalue weighted by Gasteiger charge is 2.39. The Morgan fingerprint density at radius 3 is 2.61 bits per heavy atom. The lowest BCUT2D eigenvalue weighted by atomic mass is 10.1. The minimum atomic E-state index is -4.82. The van der Waals surface area contributed by atoms with Crippen molar-refractivity contribution in [2.75, 3.05) is 11.5 Å². The monoisotopic (exact) mass is 350 g/mol. The van der Waals surface area contributed by atoms with Crippen LogP contribution in [0.3, 0.4) is 0 Å². The van der Waals surface area contributed by atoms with Gasteiger partial charge in [0.2, 0.25) is 0 Å². The fourth-order valence-electron chi connectivity index (χ4n) is 2.25. The summed E-state index contributed by atoms with van der Waals surface area (Å²) < 4.78 is 51.5. The summed E-state index contributed by atoms with van der Waals surface area (Å²) in [4.78, 5) is 12.4. The van der Waals surface area contributed by atoms with E-state index in [1.165, 1.54) is 0 Å². The molecule has 2 N–H and O–H groups in total. The second-order valence-corrected chi connectivity index (χ2v) is 6.60. The molecule has 2 aromatic rings. The van der Waals surface area contributed by atoms with Crippen molar-refractivity contribution >= 4 is 27.4 Å². The molecule has 0 aliphatic carbocycles. The van der Waals surface area contributed by atoms with Gasteiger partial charge in [0.15, 0.2) is 0 Å². The molecule has 2 atom stereocenters. The van der Waals surface area contributed by atoms with Crippen molar-refractivity contribution < 1.29 is 27.4 Å². The standard InChI is InChI=1S/C13H13F3N2O4S/c1-2-23(22)6-10(19)12-11(13(14,15)16)8-5-7(18(20)21)3-4-9(8)17-12/h3-5,10,17,19H,2,6H2,1H3. The first-order chi connectivity index (χ1) is 10.6. The van der Waals surface area contributed by atoms with Crippen molar-refractivity contribution in [1.29, 1.82) is 0 Å². The molecule has 0 spiro atoms. The van der Waals surface area contributed by atoms with Gasteiger partial charge < -0.3 is 10.1 Å². The van der Waals surface area contributed by atoms with Gasteiger partial charge in [0.25, 0.3) is 5.69 Å². The number of nitro benzene ring substituents is 1. The van der Waals surface area contributed by atoms with Gasteiger partial charge in [-0.3, -0.25) is 14.3 Å². The minimum Gasteiger partial charge on any atom is -0.386 e. The maximum absolute atomic E-state index is 13.3. The van der Waals surface area contributed by atoms with Gasteiger partial charge in [-0.1, -0.05) is 6.92 Å². The van der Waals surface area contributed by atoms with Gasteiger partial charge >= 0.3 is 6.18 Å². The maximum atomic E-state index is 13.3. The van der Waals surface area contributed by atoms with E-state index in [1.807, 2.05) is 0 Å². The number of H-pyrrole nitrogens is 1. The number of alkyl halides is 3. The highest BCUT2D eigenvalue weighted by Crippen LogP contribution is 2.41. The number of nitro groups is 1. The van der Waals surface area contributed by atoms with Gasteiger partial charge in [-0.15, -0.1) is 0 Å². The zero-order valence-electron chi connectivity index (χ0n) is 11.9. The predicted octanol–water partition coefficient (Wildman–Crippen LogP) is 2.90. The molecule has 0 saturated carbocycles. The number of rotatable bonds is 5. The summed E-state index contributed by atoms with van der Waals surface area (Å²) in [6, 6.07) is 3.02. The SMILES string of the molecule is CCS(=O)CC(O)c1[nH]c2ccc([N+](=O)[O-])cc2c1C(F)(F)F. The average molecular weight is 350 g/mol. The van der Waals surface area contributed by atoms with Crippen molar-refractivity contribution in [3.05, 3.63) is 39.6 Å². The molecule has 23 heavy (non-hydrogen) atoms. The summed E-state index contributed by atoms with van der Waals surface area (Å²) in [5, 5.41) is 20.3. The number of nitrogens with one attached hydrogen (secondary N) is 1. The zero-order chi connectivity index (χ0) is 17.4. The molecular weight excluding hydrogens is 337 g/mol. The Bertz CT molecular complexity index is 772. The molecule has 1 aromatic heterocycles. The van der Waals surface area contributed by atoms with Crippen LogP contribution in [-0.2, 0) is 17.0 Å². The lowest BCUT2D eigenvalue weighted by Crippen LogP contribution is -2.16. The molecule has 2 rings (SSSR count). The third-order valence-corrected chi connectivity index (χ3v) is 4.64. The Labute approximate surface area is 130 Å². The fourth-order valence-corrected chi connectivity index (χ4v) is 3.00. The van der Waals surface area contributed by atoms with Crippen LogP contribution in [0.25, 0.3) is 10.9 Å². The van der Waals surface area contributed by atoms with Crippen LogP contribution >= 0.6 is 0 Å².